The Morgan fingerprint density at radius 2 is 1.62 bits per heavy atom. The van der Waals surface area contributed by atoms with Gasteiger partial charge in [-0.25, -0.2) is 4.79 Å². The molecule has 0 aromatic carbocycles. The molecule has 2 rings (SSSR count). The molecule has 1 aromatic heterocycles. The largest absolute Gasteiger partial charge is 0.414 e. The number of hydrogen-bond donors (Lipinski definition) is 1. The maximum atomic E-state index is 12.7. The molecular formula is C23H44N2O6SSi2. The fourth-order valence-corrected chi connectivity index (χ4v) is 5.78. The van der Waals surface area contributed by atoms with Crippen molar-refractivity contribution >= 4 is 28.4 Å². The summed E-state index contributed by atoms with van der Waals surface area (Å²) >= 11 is 1.58. The average molecular weight is 533 g/mol. The molecule has 34 heavy (non-hydrogen) atoms. The Hall–Kier alpha value is -0.696. The Kier molecular flexibility index (Phi) is 9.32. The second-order valence-electron chi connectivity index (χ2n) is 12.0. The van der Waals surface area contributed by atoms with E-state index in [1.165, 1.54) is 16.8 Å². The third kappa shape index (κ3) is 6.74. The molecule has 0 bridgehead atoms. The normalized spacial score (nSPS) is 24.6. The van der Waals surface area contributed by atoms with Crippen LogP contribution in [0.1, 0.15) is 47.8 Å². The minimum absolute atomic E-state index is 0.0483. The molecule has 1 fully saturated rings. The van der Waals surface area contributed by atoms with Crippen LogP contribution in [0.5, 0.6) is 0 Å². The van der Waals surface area contributed by atoms with Gasteiger partial charge in [-0.05, 0) is 42.5 Å². The van der Waals surface area contributed by atoms with Gasteiger partial charge in [0.15, 0.2) is 22.9 Å². The first-order chi connectivity index (χ1) is 15.4. The number of aromatic amines is 1. The SMILES string of the molecule is CSCO[C@H]1[C@@H](O[Si](C)(C)C(C)(C)C)[C@H](n2ccc(=O)[nH]c2=O)O[C@@H]1CO[Si](C)(C)C(C)(C)C. The topological polar surface area (TPSA) is 91.8 Å². The number of ether oxygens (including phenoxy) is 2. The van der Waals surface area contributed by atoms with Gasteiger partial charge in [0.25, 0.3) is 5.56 Å². The van der Waals surface area contributed by atoms with Crippen LogP contribution in [0.15, 0.2) is 21.9 Å². The summed E-state index contributed by atoms with van der Waals surface area (Å²) < 4.78 is 27.5. The Morgan fingerprint density at radius 1 is 1.03 bits per heavy atom. The lowest BCUT2D eigenvalue weighted by Gasteiger charge is -2.41. The van der Waals surface area contributed by atoms with Crippen LogP contribution in [0, 0.1) is 0 Å². The lowest BCUT2D eigenvalue weighted by Crippen LogP contribution is -2.51. The predicted molar refractivity (Wildman–Crippen MR) is 144 cm³/mol. The zero-order valence-electron chi connectivity index (χ0n) is 22.7. The molecular weight excluding hydrogens is 489 g/mol. The molecule has 1 saturated heterocycles. The lowest BCUT2D eigenvalue weighted by atomic mass is 10.1. The van der Waals surface area contributed by atoms with Crippen molar-refractivity contribution in [1.82, 2.24) is 9.55 Å². The van der Waals surface area contributed by atoms with Crippen LogP contribution in [0.25, 0.3) is 0 Å². The molecule has 0 saturated carbocycles. The van der Waals surface area contributed by atoms with E-state index in [9.17, 15) is 9.59 Å². The van der Waals surface area contributed by atoms with Crippen LogP contribution in [-0.2, 0) is 18.3 Å². The number of nitrogens with zero attached hydrogens (tertiary/aromatic N) is 1. The fourth-order valence-electron chi connectivity index (χ4n) is 3.19. The molecule has 0 aliphatic carbocycles. The van der Waals surface area contributed by atoms with Gasteiger partial charge in [-0.15, -0.1) is 11.8 Å². The summed E-state index contributed by atoms with van der Waals surface area (Å²) in [6.07, 6.45) is 1.35. The molecule has 1 N–H and O–H groups in total. The van der Waals surface area contributed by atoms with Crippen LogP contribution in [0.3, 0.4) is 0 Å². The quantitative estimate of drug-likeness (QED) is 0.368. The Balaban J connectivity index is 2.49. The first-order valence-corrected chi connectivity index (χ1v) is 19.0. The van der Waals surface area contributed by atoms with E-state index in [0.29, 0.717) is 12.5 Å². The zero-order chi connectivity index (χ0) is 26.1. The van der Waals surface area contributed by atoms with Gasteiger partial charge in [-0.3, -0.25) is 14.3 Å². The molecule has 196 valence electrons. The monoisotopic (exact) mass is 532 g/mol. The molecule has 0 radical (unpaired) electrons. The summed E-state index contributed by atoms with van der Waals surface area (Å²) in [5, 5.41) is 0.000814. The molecule has 0 amide bonds. The highest BCUT2D eigenvalue weighted by atomic mass is 32.2. The van der Waals surface area contributed by atoms with E-state index in [2.05, 4.69) is 72.7 Å². The fraction of sp³-hybridized carbons (Fsp3) is 0.826. The summed E-state index contributed by atoms with van der Waals surface area (Å²) in [5.41, 5.74) is -0.981. The number of rotatable bonds is 9. The van der Waals surface area contributed by atoms with Gasteiger partial charge in [0, 0.05) is 12.3 Å². The van der Waals surface area contributed by atoms with Crippen molar-refractivity contribution in [2.45, 2.75) is 102 Å². The smallest absolute Gasteiger partial charge is 0.330 e. The summed E-state index contributed by atoms with van der Waals surface area (Å²) in [7, 11) is -4.30. The molecule has 1 aliphatic heterocycles. The highest BCUT2D eigenvalue weighted by Crippen LogP contribution is 2.43. The molecule has 4 atom stereocenters. The summed E-state index contributed by atoms with van der Waals surface area (Å²) in [4.78, 5) is 26.8. The van der Waals surface area contributed by atoms with Gasteiger partial charge in [0.05, 0.1) is 12.5 Å². The van der Waals surface area contributed by atoms with Crippen LogP contribution in [-0.4, -0.2) is 63.3 Å². The molecule has 1 aromatic rings. The van der Waals surface area contributed by atoms with Gasteiger partial charge in [0.2, 0.25) is 0 Å². The molecule has 11 heteroatoms. The number of aromatic nitrogens is 2. The summed E-state index contributed by atoms with van der Waals surface area (Å²) in [6.45, 7) is 22.2. The second kappa shape index (κ2) is 10.7. The molecule has 2 heterocycles. The Morgan fingerprint density at radius 3 is 2.12 bits per heavy atom. The first kappa shape index (κ1) is 29.5. The van der Waals surface area contributed by atoms with Gasteiger partial charge < -0.3 is 18.3 Å². The highest BCUT2D eigenvalue weighted by Gasteiger charge is 2.52. The van der Waals surface area contributed by atoms with Gasteiger partial charge in [0.1, 0.15) is 18.3 Å². The van der Waals surface area contributed by atoms with Crippen molar-refractivity contribution in [1.29, 1.82) is 0 Å². The number of nitrogens with one attached hydrogen (secondary N) is 1. The standard InChI is InChI=1S/C23H44N2O6SSi2/c1-22(2,3)33(8,9)29-14-16-18(28-15-32-7)19(31-34(10,11)23(4,5)6)20(30-16)25-13-12-17(26)24-21(25)27/h12-13,16,18-20H,14-15H2,1-11H3,(H,24,26,27)/t16-,18-,19-,20-/m1/s1. The average Bonchev–Trinajstić information content (AvgIpc) is 2.99. The highest BCUT2D eigenvalue weighted by molar-refractivity contribution is 7.98. The van der Waals surface area contributed by atoms with E-state index < -0.39 is 52.4 Å². The minimum atomic E-state index is -2.26. The van der Waals surface area contributed by atoms with Crippen molar-refractivity contribution in [3.63, 3.8) is 0 Å². The van der Waals surface area contributed by atoms with Crippen LogP contribution in [0.4, 0.5) is 0 Å². The van der Waals surface area contributed by atoms with Gasteiger partial charge >= 0.3 is 5.69 Å². The van der Waals surface area contributed by atoms with Crippen LogP contribution in [0.2, 0.25) is 36.3 Å². The maximum absolute atomic E-state index is 12.7. The maximum Gasteiger partial charge on any atom is 0.330 e. The van der Waals surface area contributed by atoms with E-state index in [1.54, 1.807) is 11.8 Å². The van der Waals surface area contributed by atoms with Gasteiger partial charge in [-0.1, -0.05) is 41.5 Å². The lowest BCUT2D eigenvalue weighted by molar-refractivity contribution is -0.0548. The van der Waals surface area contributed by atoms with E-state index in [1.807, 2.05) is 6.26 Å². The van der Waals surface area contributed by atoms with Crippen molar-refractivity contribution in [3.05, 3.63) is 33.1 Å². The number of H-pyrrole nitrogens is 1. The van der Waals surface area contributed by atoms with Crippen molar-refractivity contribution in [2.24, 2.45) is 0 Å². The third-order valence-corrected chi connectivity index (χ3v) is 16.8. The number of thioether (sulfide) groups is 1. The van der Waals surface area contributed by atoms with Crippen LogP contribution < -0.4 is 11.2 Å². The zero-order valence-corrected chi connectivity index (χ0v) is 25.5. The number of hydrogen-bond acceptors (Lipinski definition) is 7. The second-order valence-corrected chi connectivity index (χ2v) is 22.4. The van der Waals surface area contributed by atoms with Crippen molar-refractivity contribution in [2.75, 3.05) is 18.8 Å². The van der Waals surface area contributed by atoms with Crippen molar-refractivity contribution < 1.29 is 18.3 Å². The minimum Gasteiger partial charge on any atom is -0.414 e. The molecule has 1 aliphatic rings. The van der Waals surface area contributed by atoms with E-state index in [0.717, 1.165) is 0 Å². The van der Waals surface area contributed by atoms with E-state index in [4.69, 9.17) is 18.3 Å². The van der Waals surface area contributed by atoms with E-state index in [-0.39, 0.29) is 10.1 Å². The van der Waals surface area contributed by atoms with Gasteiger partial charge in [-0.2, -0.15) is 0 Å². The van der Waals surface area contributed by atoms with Crippen molar-refractivity contribution in [3.8, 4) is 0 Å². The summed E-state index contributed by atoms with van der Waals surface area (Å²) in [6, 6.07) is 1.32. The Labute approximate surface area is 210 Å². The molecule has 8 nitrogen and oxygen atoms in total. The van der Waals surface area contributed by atoms with Crippen LogP contribution >= 0.6 is 11.8 Å². The van der Waals surface area contributed by atoms with E-state index >= 15 is 0 Å². The Bertz CT molecular complexity index is 935. The molecule has 0 unspecified atom stereocenters. The first-order valence-electron chi connectivity index (χ1n) is 11.8. The molecule has 0 spiro atoms. The summed E-state index contributed by atoms with van der Waals surface area (Å²) in [5.74, 6) is 0.467. The third-order valence-electron chi connectivity index (χ3n) is 7.44. The predicted octanol–water partition coefficient (Wildman–Crippen LogP) is 4.55.